The number of allylic oxidation sites excluding steroid dienone is 1. The van der Waals surface area contributed by atoms with Gasteiger partial charge in [0, 0.05) is 19.2 Å². The number of hydrogen-bond donors (Lipinski definition) is 1. The fraction of sp³-hybridized carbons (Fsp3) is 0.263. The van der Waals surface area contributed by atoms with Crippen molar-refractivity contribution in [3.05, 3.63) is 70.8 Å². The maximum Gasteiger partial charge on any atom is 0.312 e. The monoisotopic (exact) mass is 405 g/mol. The largest absolute Gasteiger partial charge is 0.450 e. The van der Waals surface area contributed by atoms with Gasteiger partial charge in [0.2, 0.25) is 15.8 Å². The van der Waals surface area contributed by atoms with Gasteiger partial charge in [-0.3, -0.25) is 10.1 Å². The number of ether oxygens (including phenoxy) is 1. The molecule has 0 aromatic heterocycles. The number of para-hydroxylation sites is 1. The predicted molar refractivity (Wildman–Crippen MR) is 107 cm³/mol. The van der Waals surface area contributed by atoms with Gasteiger partial charge >= 0.3 is 5.69 Å². The van der Waals surface area contributed by atoms with E-state index in [0.29, 0.717) is 18.7 Å². The molecule has 2 aromatic rings. The Morgan fingerprint density at radius 1 is 1.21 bits per heavy atom. The first-order valence-electron chi connectivity index (χ1n) is 8.54. The smallest absolute Gasteiger partial charge is 0.312 e. The van der Waals surface area contributed by atoms with Crippen molar-refractivity contribution in [1.29, 1.82) is 0 Å². The van der Waals surface area contributed by atoms with Crippen molar-refractivity contribution < 1.29 is 18.1 Å². The second-order valence-corrected chi connectivity index (χ2v) is 8.06. The van der Waals surface area contributed by atoms with Crippen LogP contribution in [0.25, 0.3) is 0 Å². The minimum atomic E-state index is -3.87. The molecule has 0 aliphatic carbocycles. The van der Waals surface area contributed by atoms with Crippen LogP contribution in [0.15, 0.2) is 60.0 Å². The molecule has 0 unspecified atom stereocenters. The van der Waals surface area contributed by atoms with E-state index >= 15 is 0 Å². The Balaban J connectivity index is 2.33. The van der Waals surface area contributed by atoms with Gasteiger partial charge < -0.3 is 9.64 Å². The highest BCUT2D eigenvalue weighted by Crippen LogP contribution is 2.34. The number of rotatable bonds is 10. The SMILES string of the molecule is C=CCc1ccccc1Oc1ccc(S(=O)(=O)NCCN(C)C)cc1[N+](=O)[O-]. The Labute approximate surface area is 164 Å². The summed E-state index contributed by atoms with van der Waals surface area (Å²) in [4.78, 5) is 12.5. The van der Waals surface area contributed by atoms with Gasteiger partial charge in [-0.15, -0.1) is 6.58 Å². The number of benzene rings is 2. The lowest BCUT2D eigenvalue weighted by Crippen LogP contribution is -2.31. The second kappa shape index (κ2) is 9.45. The molecule has 0 saturated carbocycles. The molecule has 0 bridgehead atoms. The summed E-state index contributed by atoms with van der Waals surface area (Å²) in [6.07, 6.45) is 2.23. The summed E-state index contributed by atoms with van der Waals surface area (Å²) in [5.74, 6) is 0.416. The Bertz CT molecular complexity index is 958. The first-order valence-corrected chi connectivity index (χ1v) is 10.0. The predicted octanol–water partition coefficient (Wildman–Crippen LogP) is 2.96. The number of nitro groups is 1. The normalized spacial score (nSPS) is 11.4. The Morgan fingerprint density at radius 2 is 1.93 bits per heavy atom. The highest BCUT2D eigenvalue weighted by atomic mass is 32.2. The third kappa shape index (κ3) is 5.62. The van der Waals surface area contributed by atoms with Crippen LogP contribution in [0.4, 0.5) is 5.69 Å². The van der Waals surface area contributed by atoms with Crippen molar-refractivity contribution in [2.75, 3.05) is 27.2 Å². The number of nitrogens with zero attached hydrogens (tertiary/aromatic N) is 2. The van der Waals surface area contributed by atoms with Gasteiger partial charge in [0.1, 0.15) is 5.75 Å². The lowest BCUT2D eigenvalue weighted by atomic mass is 10.1. The van der Waals surface area contributed by atoms with Gasteiger partial charge in [0.05, 0.1) is 9.82 Å². The van der Waals surface area contributed by atoms with Gasteiger partial charge in [-0.05, 0) is 44.3 Å². The van der Waals surface area contributed by atoms with Crippen LogP contribution in [-0.2, 0) is 16.4 Å². The topological polar surface area (TPSA) is 102 Å². The lowest BCUT2D eigenvalue weighted by molar-refractivity contribution is -0.385. The molecule has 0 spiro atoms. The van der Waals surface area contributed by atoms with Gasteiger partial charge in [-0.2, -0.15) is 0 Å². The molecule has 0 aliphatic heterocycles. The summed E-state index contributed by atoms with van der Waals surface area (Å²) in [7, 11) is -0.238. The third-order valence-corrected chi connectivity index (χ3v) is 5.30. The van der Waals surface area contributed by atoms with E-state index in [-0.39, 0.29) is 17.2 Å². The van der Waals surface area contributed by atoms with Crippen LogP contribution in [0.3, 0.4) is 0 Å². The van der Waals surface area contributed by atoms with Crippen molar-refractivity contribution in [2.24, 2.45) is 0 Å². The van der Waals surface area contributed by atoms with E-state index in [1.54, 1.807) is 18.2 Å². The molecule has 2 aromatic carbocycles. The summed E-state index contributed by atoms with van der Waals surface area (Å²) >= 11 is 0. The zero-order valence-electron chi connectivity index (χ0n) is 15.8. The maximum atomic E-state index is 12.4. The van der Waals surface area contributed by atoms with Crippen LogP contribution < -0.4 is 9.46 Å². The first kappa shape index (κ1) is 21.5. The third-order valence-electron chi connectivity index (χ3n) is 3.85. The van der Waals surface area contributed by atoms with Crippen molar-refractivity contribution in [3.63, 3.8) is 0 Å². The maximum absolute atomic E-state index is 12.4. The standard InChI is InChI=1S/C19H23N3O5S/c1-4-7-15-8-5-6-9-18(15)27-19-11-10-16(14-17(19)22(23)24)28(25,26)20-12-13-21(2)3/h4-6,8-11,14,20H,1,7,12-13H2,2-3H3. The van der Waals surface area contributed by atoms with Crippen molar-refractivity contribution >= 4 is 15.7 Å². The summed E-state index contributed by atoms with van der Waals surface area (Å²) in [5, 5.41) is 11.5. The average Bonchev–Trinajstić information content (AvgIpc) is 2.63. The van der Waals surface area contributed by atoms with Crippen molar-refractivity contribution in [3.8, 4) is 11.5 Å². The van der Waals surface area contributed by atoms with Gasteiger partial charge in [-0.25, -0.2) is 13.1 Å². The number of nitro benzene ring substituents is 1. The molecule has 150 valence electrons. The summed E-state index contributed by atoms with van der Waals surface area (Å²) in [6.45, 7) is 4.38. The number of likely N-dealkylation sites (N-methyl/N-ethyl adjacent to an activating group) is 1. The summed E-state index contributed by atoms with van der Waals surface area (Å²) in [5.41, 5.74) is 0.387. The zero-order chi connectivity index (χ0) is 20.7. The first-order chi connectivity index (χ1) is 13.2. The summed E-state index contributed by atoms with van der Waals surface area (Å²) < 4.78 is 32.9. The van der Waals surface area contributed by atoms with Gasteiger partial charge in [0.25, 0.3) is 0 Å². The van der Waals surface area contributed by atoms with Crippen molar-refractivity contribution in [1.82, 2.24) is 9.62 Å². The Morgan fingerprint density at radius 3 is 2.57 bits per heavy atom. The van der Waals surface area contributed by atoms with E-state index in [9.17, 15) is 18.5 Å². The molecule has 28 heavy (non-hydrogen) atoms. The van der Waals surface area contributed by atoms with E-state index in [2.05, 4.69) is 11.3 Å². The fourth-order valence-electron chi connectivity index (χ4n) is 2.43. The molecular formula is C19H23N3O5S. The van der Waals surface area contributed by atoms with E-state index in [0.717, 1.165) is 11.6 Å². The van der Waals surface area contributed by atoms with Crippen LogP contribution in [0, 0.1) is 10.1 Å². The zero-order valence-corrected chi connectivity index (χ0v) is 16.6. The molecule has 0 saturated heterocycles. The van der Waals surface area contributed by atoms with Crippen molar-refractivity contribution in [2.45, 2.75) is 11.3 Å². The number of sulfonamides is 1. The van der Waals surface area contributed by atoms with E-state index in [1.165, 1.54) is 12.1 Å². The quantitative estimate of drug-likeness (QED) is 0.370. The minimum Gasteiger partial charge on any atom is -0.450 e. The molecule has 0 aliphatic rings. The molecule has 0 amide bonds. The molecule has 0 radical (unpaired) electrons. The Hall–Kier alpha value is -2.75. The molecule has 0 heterocycles. The molecular weight excluding hydrogens is 382 g/mol. The fourth-order valence-corrected chi connectivity index (χ4v) is 3.47. The molecule has 8 nitrogen and oxygen atoms in total. The molecule has 1 N–H and O–H groups in total. The molecule has 9 heteroatoms. The van der Waals surface area contributed by atoms with Crippen LogP contribution >= 0.6 is 0 Å². The molecule has 0 atom stereocenters. The van der Waals surface area contributed by atoms with Gasteiger partial charge in [-0.1, -0.05) is 24.3 Å². The second-order valence-electron chi connectivity index (χ2n) is 6.29. The van der Waals surface area contributed by atoms with Crippen LogP contribution in [0.2, 0.25) is 0 Å². The lowest BCUT2D eigenvalue weighted by Gasteiger charge is -2.13. The van der Waals surface area contributed by atoms with E-state index in [1.807, 2.05) is 31.1 Å². The van der Waals surface area contributed by atoms with E-state index < -0.39 is 20.6 Å². The summed E-state index contributed by atoms with van der Waals surface area (Å²) in [6, 6.07) is 10.7. The number of hydrogen-bond acceptors (Lipinski definition) is 6. The number of nitrogens with one attached hydrogen (secondary N) is 1. The van der Waals surface area contributed by atoms with Crippen LogP contribution in [0.1, 0.15) is 5.56 Å². The Kier molecular flexibility index (Phi) is 7.27. The minimum absolute atomic E-state index is 0.0336. The highest BCUT2D eigenvalue weighted by molar-refractivity contribution is 7.89. The molecule has 2 rings (SSSR count). The van der Waals surface area contributed by atoms with Crippen LogP contribution in [0.5, 0.6) is 11.5 Å². The van der Waals surface area contributed by atoms with Crippen LogP contribution in [-0.4, -0.2) is 45.4 Å². The van der Waals surface area contributed by atoms with Gasteiger partial charge in [0.15, 0.2) is 0 Å². The average molecular weight is 405 g/mol. The molecule has 0 fully saturated rings. The van der Waals surface area contributed by atoms with E-state index in [4.69, 9.17) is 4.74 Å². The highest BCUT2D eigenvalue weighted by Gasteiger charge is 2.23.